The quantitative estimate of drug-likeness (QED) is 0.793. The van der Waals surface area contributed by atoms with Crippen molar-refractivity contribution in [2.45, 2.75) is 39.0 Å². The smallest absolute Gasteiger partial charge is 0.188 e. The highest BCUT2D eigenvalue weighted by atomic mass is 32.1. The molecule has 2 aromatic carbocycles. The molecule has 0 unspecified atom stereocenters. The molecule has 4 heteroatoms. The number of ether oxygens (including phenoxy) is 1. The van der Waals surface area contributed by atoms with E-state index in [9.17, 15) is 0 Å². The Morgan fingerprint density at radius 3 is 2.74 bits per heavy atom. The summed E-state index contributed by atoms with van der Waals surface area (Å²) in [4.78, 5) is 2.11. The Balaban J connectivity index is 1.81. The first-order chi connectivity index (χ1) is 11.0. The SMILES string of the molecule is Cc1ccc(N2C(=S)N[C@H]3C[C@@]2(C)Oc2ccccc23)cc1C. The first kappa shape index (κ1) is 14.5. The van der Waals surface area contributed by atoms with Gasteiger partial charge >= 0.3 is 0 Å². The van der Waals surface area contributed by atoms with Crippen LogP contribution in [0, 0.1) is 13.8 Å². The van der Waals surface area contributed by atoms with E-state index >= 15 is 0 Å². The minimum absolute atomic E-state index is 0.209. The van der Waals surface area contributed by atoms with Crippen molar-refractivity contribution in [1.82, 2.24) is 5.32 Å². The molecule has 1 fully saturated rings. The minimum Gasteiger partial charge on any atom is -0.467 e. The van der Waals surface area contributed by atoms with E-state index in [2.05, 4.69) is 55.3 Å². The third-order valence-corrected chi connectivity index (χ3v) is 5.23. The first-order valence-electron chi connectivity index (χ1n) is 7.94. The van der Waals surface area contributed by atoms with Crippen LogP contribution in [0.25, 0.3) is 0 Å². The highest BCUT2D eigenvalue weighted by molar-refractivity contribution is 7.80. The fourth-order valence-corrected chi connectivity index (χ4v) is 4.02. The largest absolute Gasteiger partial charge is 0.467 e. The van der Waals surface area contributed by atoms with E-state index in [0.717, 1.165) is 23.0 Å². The van der Waals surface area contributed by atoms with Crippen LogP contribution in [0.15, 0.2) is 42.5 Å². The zero-order valence-corrected chi connectivity index (χ0v) is 14.4. The molecule has 2 heterocycles. The Labute approximate surface area is 142 Å². The van der Waals surface area contributed by atoms with E-state index in [1.54, 1.807) is 0 Å². The Morgan fingerprint density at radius 2 is 1.96 bits per heavy atom. The number of hydrogen-bond donors (Lipinski definition) is 1. The fourth-order valence-electron chi connectivity index (χ4n) is 3.58. The second-order valence-corrected chi connectivity index (χ2v) is 7.01. The average Bonchev–Trinajstić information content (AvgIpc) is 2.50. The molecule has 2 aliphatic rings. The van der Waals surface area contributed by atoms with E-state index in [-0.39, 0.29) is 6.04 Å². The molecule has 1 saturated heterocycles. The summed E-state index contributed by atoms with van der Waals surface area (Å²) in [5, 5.41) is 4.21. The maximum absolute atomic E-state index is 6.40. The first-order valence-corrected chi connectivity index (χ1v) is 8.35. The van der Waals surface area contributed by atoms with E-state index in [1.807, 2.05) is 18.2 Å². The van der Waals surface area contributed by atoms with Crippen molar-refractivity contribution in [1.29, 1.82) is 0 Å². The van der Waals surface area contributed by atoms with Gasteiger partial charge in [-0.3, -0.25) is 4.90 Å². The van der Waals surface area contributed by atoms with Crippen LogP contribution in [0.1, 0.15) is 36.1 Å². The summed E-state index contributed by atoms with van der Waals surface area (Å²) in [7, 11) is 0. The van der Waals surface area contributed by atoms with Crippen molar-refractivity contribution in [3.8, 4) is 5.75 Å². The van der Waals surface area contributed by atoms with Gasteiger partial charge in [-0.05, 0) is 62.3 Å². The van der Waals surface area contributed by atoms with Crippen LogP contribution >= 0.6 is 12.2 Å². The predicted molar refractivity (Wildman–Crippen MR) is 97.0 cm³/mol. The summed E-state index contributed by atoms with van der Waals surface area (Å²) in [6, 6.07) is 14.9. The third-order valence-electron chi connectivity index (χ3n) is 4.93. The van der Waals surface area contributed by atoms with Crippen LogP contribution < -0.4 is 15.0 Å². The van der Waals surface area contributed by atoms with Crippen LogP contribution in [0.4, 0.5) is 5.69 Å². The number of hydrogen-bond acceptors (Lipinski definition) is 2. The van der Waals surface area contributed by atoms with E-state index in [4.69, 9.17) is 17.0 Å². The highest BCUT2D eigenvalue weighted by Gasteiger charge is 2.48. The van der Waals surface area contributed by atoms with Gasteiger partial charge in [-0.15, -0.1) is 0 Å². The van der Waals surface area contributed by atoms with Crippen molar-refractivity contribution in [3.63, 3.8) is 0 Å². The lowest BCUT2D eigenvalue weighted by molar-refractivity contribution is 0.0498. The molecule has 0 spiro atoms. The minimum atomic E-state index is -0.469. The fraction of sp³-hybridized carbons (Fsp3) is 0.316. The van der Waals surface area contributed by atoms with Gasteiger partial charge in [0.2, 0.25) is 0 Å². The van der Waals surface area contributed by atoms with Gasteiger partial charge in [-0.25, -0.2) is 0 Å². The Kier molecular flexibility index (Phi) is 3.13. The normalized spacial score (nSPS) is 25.4. The van der Waals surface area contributed by atoms with Gasteiger partial charge in [-0.2, -0.15) is 0 Å². The van der Waals surface area contributed by atoms with Crippen molar-refractivity contribution in [2.24, 2.45) is 0 Å². The predicted octanol–water partition coefficient (Wildman–Crippen LogP) is 4.24. The molecule has 0 aromatic heterocycles. The van der Waals surface area contributed by atoms with Crippen molar-refractivity contribution >= 4 is 23.0 Å². The van der Waals surface area contributed by atoms with Crippen molar-refractivity contribution in [2.75, 3.05) is 4.90 Å². The number of nitrogens with one attached hydrogen (secondary N) is 1. The molecule has 23 heavy (non-hydrogen) atoms. The summed E-state index contributed by atoms with van der Waals surface area (Å²) >= 11 is 5.68. The number of rotatable bonds is 1. The molecule has 1 N–H and O–H groups in total. The van der Waals surface area contributed by atoms with Crippen LogP contribution in [0.3, 0.4) is 0 Å². The van der Waals surface area contributed by atoms with Crippen molar-refractivity contribution in [3.05, 3.63) is 59.2 Å². The number of thiocarbonyl (C=S) groups is 1. The van der Waals surface area contributed by atoms with Gasteiger partial charge in [0.15, 0.2) is 10.8 Å². The zero-order valence-electron chi connectivity index (χ0n) is 13.6. The van der Waals surface area contributed by atoms with Gasteiger partial charge in [0.1, 0.15) is 5.75 Å². The molecular weight excluding hydrogens is 304 g/mol. The molecule has 2 atom stereocenters. The molecule has 3 nitrogen and oxygen atoms in total. The third kappa shape index (κ3) is 2.20. The summed E-state index contributed by atoms with van der Waals surface area (Å²) in [5.41, 5.74) is 4.33. The molecule has 0 amide bonds. The Bertz CT molecular complexity index is 804. The summed E-state index contributed by atoms with van der Waals surface area (Å²) < 4.78 is 6.40. The van der Waals surface area contributed by atoms with Crippen LogP contribution in [-0.2, 0) is 0 Å². The van der Waals surface area contributed by atoms with Gasteiger partial charge in [0.25, 0.3) is 0 Å². The topological polar surface area (TPSA) is 24.5 Å². The molecule has 2 aromatic rings. The average molecular weight is 324 g/mol. The van der Waals surface area contributed by atoms with Gasteiger partial charge in [0.05, 0.1) is 6.04 Å². The molecule has 2 bridgehead atoms. The second-order valence-electron chi connectivity index (χ2n) is 6.63. The lowest BCUT2D eigenvalue weighted by Crippen LogP contribution is -2.65. The maximum Gasteiger partial charge on any atom is 0.188 e. The maximum atomic E-state index is 6.40. The second kappa shape index (κ2) is 4.96. The van der Waals surface area contributed by atoms with Gasteiger partial charge in [-0.1, -0.05) is 24.3 Å². The van der Waals surface area contributed by atoms with E-state index in [0.29, 0.717) is 0 Å². The number of nitrogens with zero attached hydrogens (tertiary/aromatic N) is 1. The monoisotopic (exact) mass is 324 g/mol. The number of para-hydroxylation sites is 1. The summed E-state index contributed by atoms with van der Waals surface area (Å²) in [6.45, 7) is 6.37. The lowest BCUT2D eigenvalue weighted by Gasteiger charge is -2.52. The molecule has 0 aliphatic carbocycles. The Hall–Kier alpha value is -2.07. The summed E-state index contributed by atoms with van der Waals surface area (Å²) in [5.74, 6) is 0.940. The standard InChI is InChI=1S/C19H20N2OS/c1-12-8-9-14(10-13(12)2)21-18(23)20-16-11-19(21,3)22-17-7-5-4-6-15(16)17/h4-10,16H,11H2,1-3H3,(H,20,23)/t16-,19+/m0/s1. The molecule has 2 aliphatic heterocycles. The molecular formula is C19H20N2OS. The van der Waals surface area contributed by atoms with Crippen LogP contribution in [0.5, 0.6) is 5.75 Å². The molecule has 118 valence electrons. The highest BCUT2D eigenvalue weighted by Crippen LogP contribution is 2.45. The number of fused-ring (bicyclic) bond motifs is 4. The zero-order chi connectivity index (χ0) is 16.2. The van der Waals surface area contributed by atoms with Crippen LogP contribution in [-0.4, -0.2) is 10.8 Å². The number of benzene rings is 2. The van der Waals surface area contributed by atoms with E-state index < -0.39 is 5.72 Å². The van der Waals surface area contributed by atoms with Crippen molar-refractivity contribution < 1.29 is 4.74 Å². The molecule has 0 saturated carbocycles. The van der Waals surface area contributed by atoms with E-state index in [1.165, 1.54) is 16.7 Å². The van der Waals surface area contributed by atoms with Gasteiger partial charge < -0.3 is 10.1 Å². The Morgan fingerprint density at radius 1 is 1.17 bits per heavy atom. The molecule has 4 rings (SSSR count). The number of aryl methyl sites for hydroxylation is 2. The van der Waals surface area contributed by atoms with Crippen LogP contribution in [0.2, 0.25) is 0 Å². The summed E-state index contributed by atoms with van der Waals surface area (Å²) in [6.07, 6.45) is 0.858. The molecule has 0 radical (unpaired) electrons. The van der Waals surface area contributed by atoms with Gasteiger partial charge in [0, 0.05) is 17.7 Å². The number of anilines is 1. The lowest BCUT2D eigenvalue weighted by atomic mass is 9.90.